The molecule has 0 atom stereocenters. The van der Waals surface area contributed by atoms with Crippen LogP contribution in [0.15, 0.2) is 76.7 Å². The SMILES string of the molecule is COc1ccc(Cl)cc1NC(=O)CSc1nc2c([nH]c3ccccc32)c(=O)n1-c1ccccc1F. The van der Waals surface area contributed by atoms with Gasteiger partial charge in [-0.15, -0.1) is 0 Å². The summed E-state index contributed by atoms with van der Waals surface area (Å²) in [6, 6.07) is 18.2. The number of aromatic amines is 1. The van der Waals surface area contributed by atoms with Crippen LogP contribution in [0.5, 0.6) is 5.75 Å². The number of nitrogens with one attached hydrogen (secondary N) is 2. The summed E-state index contributed by atoms with van der Waals surface area (Å²) in [5, 5.41) is 4.14. The van der Waals surface area contributed by atoms with Crippen molar-refractivity contribution in [2.24, 2.45) is 0 Å². The van der Waals surface area contributed by atoms with E-state index < -0.39 is 11.4 Å². The van der Waals surface area contributed by atoms with Crippen LogP contribution in [0, 0.1) is 5.82 Å². The highest BCUT2D eigenvalue weighted by Crippen LogP contribution is 2.29. The van der Waals surface area contributed by atoms with Crippen LogP contribution in [0.1, 0.15) is 0 Å². The second kappa shape index (κ2) is 9.44. The molecule has 5 aromatic rings. The molecule has 0 saturated heterocycles. The van der Waals surface area contributed by atoms with Crippen molar-refractivity contribution in [2.45, 2.75) is 5.16 Å². The summed E-state index contributed by atoms with van der Waals surface area (Å²) in [5.74, 6) is -0.593. The first-order chi connectivity index (χ1) is 17.0. The lowest BCUT2D eigenvalue weighted by molar-refractivity contribution is -0.113. The molecule has 176 valence electrons. The number of thioether (sulfide) groups is 1. The number of nitrogens with zero attached hydrogens (tertiary/aromatic N) is 2. The number of halogens is 2. The van der Waals surface area contributed by atoms with Crippen LogP contribution < -0.4 is 15.6 Å². The highest BCUT2D eigenvalue weighted by molar-refractivity contribution is 7.99. The Kier molecular flexibility index (Phi) is 6.19. The van der Waals surface area contributed by atoms with Gasteiger partial charge >= 0.3 is 0 Å². The van der Waals surface area contributed by atoms with Gasteiger partial charge in [0.2, 0.25) is 5.91 Å². The van der Waals surface area contributed by atoms with E-state index in [4.69, 9.17) is 16.3 Å². The van der Waals surface area contributed by atoms with E-state index in [1.165, 1.54) is 29.9 Å². The van der Waals surface area contributed by atoms with E-state index in [2.05, 4.69) is 15.3 Å². The van der Waals surface area contributed by atoms with E-state index in [9.17, 15) is 14.0 Å². The zero-order valence-corrected chi connectivity index (χ0v) is 19.9. The fourth-order valence-corrected chi connectivity index (χ4v) is 4.75. The lowest BCUT2D eigenvalue weighted by Gasteiger charge is -2.13. The Balaban J connectivity index is 1.56. The fourth-order valence-electron chi connectivity index (χ4n) is 3.78. The summed E-state index contributed by atoms with van der Waals surface area (Å²) in [6.07, 6.45) is 0. The Morgan fingerprint density at radius 1 is 1.17 bits per heavy atom. The Bertz CT molecular complexity index is 1650. The number of carbonyl (C=O) groups is 1. The van der Waals surface area contributed by atoms with Crippen molar-refractivity contribution in [3.8, 4) is 11.4 Å². The third-order valence-corrected chi connectivity index (χ3v) is 6.53. The topological polar surface area (TPSA) is 89.0 Å². The molecular formula is C25H18ClFN4O3S. The first-order valence-electron chi connectivity index (χ1n) is 10.5. The van der Waals surface area contributed by atoms with Crippen LogP contribution >= 0.6 is 23.4 Å². The molecule has 3 aromatic carbocycles. The fraction of sp³-hybridized carbons (Fsp3) is 0.0800. The predicted molar refractivity (Wildman–Crippen MR) is 137 cm³/mol. The quantitative estimate of drug-likeness (QED) is 0.237. The van der Waals surface area contributed by atoms with Crippen molar-refractivity contribution < 1.29 is 13.9 Å². The van der Waals surface area contributed by atoms with Gasteiger partial charge < -0.3 is 15.0 Å². The number of rotatable bonds is 6. The van der Waals surface area contributed by atoms with E-state index in [1.54, 1.807) is 24.3 Å². The number of ether oxygens (including phenoxy) is 1. The Hall–Kier alpha value is -3.82. The van der Waals surface area contributed by atoms with Crippen molar-refractivity contribution in [3.05, 3.63) is 87.9 Å². The molecular weight excluding hydrogens is 491 g/mol. The molecule has 0 spiro atoms. The largest absolute Gasteiger partial charge is 0.495 e. The molecule has 0 unspecified atom stereocenters. The molecule has 2 heterocycles. The van der Waals surface area contributed by atoms with Gasteiger partial charge in [0.15, 0.2) is 5.16 Å². The van der Waals surface area contributed by atoms with Gasteiger partial charge in [-0.25, -0.2) is 9.37 Å². The first kappa shape index (κ1) is 22.9. The minimum absolute atomic E-state index is 0.0463. The Morgan fingerprint density at radius 3 is 2.74 bits per heavy atom. The number of para-hydroxylation sites is 2. The maximum atomic E-state index is 14.7. The average Bonchev–Trinajstić information content (AvgIpc) is 3.23. The number of H-pyrrole nitrogens is 1. The number of amides is 1. The van der Waals surface area contributed by atoms with Crippen LogP contribution in [0.2, 0.25) is 5.02 Å². The van der Waals surface area contributed by atoms with E-state index >= 15 is 0 Å². The Morgan fingerprint density at radius 2 is 1.94 bits per heavy atom. The summed E-state index contributed by atoms with van der Waals surface area (Å²) >= 11 is 7.07. The summed E-state index contributed by atoms with van der Waals surface area (Å²) in [4.78, 5) is 34.0. The maximum absolute atomic E-state index is 14.7. The molecule has 0 radical (unpaired) electrons. The minimum atomic E-state index is -0.582. The number of carbonyl (C=O) groups excluding carboxylic acids is 1. The number of hydrogen-bond donors (Lipinski definition) is 2. The number of hydrogen-bond acceptors (Lipinski definition) is 5. The molecule has 10 heteroatoms. The molecule has 2 N–H and O–H groups in total. The summed E-state index contributed by atoms with van der Waals surface area (Å²) < 4.78 is 21.2. The molecule has 0 aliphatic heterocycles. The molecule has 0 aliphatic carbocycles. The molecule has 2 aromatic heterocycles. The van der Waals surface area contributed by atoms with E-state index in [0.29, 0.717) is 22.0 Å². The van der Waals surface area contributed by atoms with E-state index in [1.807, 2.05) is 24.3 Å². The standard InChI is InChI=1S/C25H18ClFN4O3S/c1-34-20-11-10-14(26)12-18(20)28-21(32)13-35-25-30-22-15-6-2-4-8-17(15)29-23(22)24(33)31(25)19-9-5-3-7-16(19)27/h2-12,29H,13H2,1H3,(H,28,32). The molecule has 0 saturated carbocycles. The van der Waals surface area contributed by atoms with Crippen molar-refractivity contribution in [3.63, 3.8) is 0 Å². The number of aromatic nitrogens is 3. The van der Waals surface area contributed by atoms with Crippen LogP contribution in [0.4, 0.5) is 10.1 Å². The van der Waals surface area contributed by atoms with Crippen LogP contribution in [0.25, 0.3) is 27.6 Å². The zero-order valence-electron chi connectivity index (χ0n) is 18.3. The maximum Gasteiger partial charge on any atom is 0.283 e. The lowest BCUT2D eigenvalue weighted by atomic mass is 10.2. The first-order valence-corrected chi connectivity index (χ1v) is 11.9. The normalized spacial score (nSPS) is 11.2. The molecule has 5 rings (SSSR count). The Labute approximate surface area is 207 Å². The number of methoxy groups -OCH3 is 1. The van der Waals surface area contributed by atoms with Crippen molar-refractivity contribution in [1.29, 1.82) is 0 Å². The molecule has 0 bridgehead atoms. The number of fused-ring (bicyclic) bond motifs is 3. The molecule has 7 nitrogen and oxygen atoms in total. The summed E-state index contributed by atoms with van der Waals surface area (Å²) in [5.41, 5.74) is 1.45. The third kappa shape index (κ3) is 4.36. The smallest absolute Gasteiger partial charge is 0.283 e. The molecule has 35 heavy (non-hydrogen) atoms. The van der Waals surface area contributed by atoms with E-state index in [-0.39, 0.29) is 28.0 Å². The lowest BCUT2D eigenvalue weighted by Crippen LogP contribution is -2.23. The molecule has 0 fully saturated rings. The van der Waals surface area contributed by atoms with Crippen LogP contribution in [0.3, 0.4) is 0 Å². The van der Waals surface area contributed by atoms with Crippen molar-refractivity contribution in [2.75, 3.05) is 18.2 Å². The zero-order chi connectivity index (χ0) is 24.5. The van der Waals surface area contributed by atoms with Crippen LogP contribution in [-0.4, -0.2) is 33.3 Å². The second-order valence-corrected chi connectivity index (χ2v) is 8.94. The summed E-state index contributed by atoms with van der Waals surface area (Å²) in [6.45, 7) is 0. The van der Waals surface area contributed by atoms with Crippen molar-refractivity contribution in [1.82, 2.24) is 14.5 Å². The highest BCUT2D eigenvalue weighted by Gasteiger charge is 2.20. The predicted octanol–water partition coefficient (Wildman–Crippen LogP) is 5.40. The second-order valence-electron chi connectivity index (χ2n) is 7.56. The van der Waals surface area contributed by atoms with Gasteiger partial charge in [-0.3, -0.25) is 14.2 Å². The van der Waals surface area contributed by atoms with Gasteiger partial charge in [0.05, 0.1) is 24.2 Å². The van der Waals surface area contributed by atoms with Gasteiger partial charge in [0, 0.05) is 15.9 Å². The minimum Gasteiger partial charge on any atom is -0.495 e. The highest BCUT2D eigenvalue weighted by atomic mass is 35.5. The summed E-state index contributed by atoms with van der Waals surface area (Å²) in [7, 11) is 1.49. The van der Waals surface area contributed by atoms with Gasteiger partial charge in [0.1, 0.15) is 22.6 Å². The molecule has 0 aliphatic rings. The monoisotopic (exact) mass is 508 g/mol. The van der Waals surface area contributed by atoms with Gasteiger partial charge in [0.25, 0.3) is 5.56 Å². The molecule has 1 amide bonds. The average molecular weight is 509 g/mol. The van der Waals surface area contributed by atoms with Gasteiger partial charge in [-0.1, -0.05) is 53.7 Å². The number of benzene rings is 3. The van der Waals surface area contributed by atoms with E-state index in [0.717, 1.165) is 22.7 Å². The van der Waals surface area contributed by atoms with Gasteiger partial charge in [-0.05, 0) is 36.4 Å². The van der Waals surface area contributed by atoms with Crippen molar-refractivity contribution >= 4 is 56.9 Å². The third-order valence-electron chi connectivity index (χ3n) is 5.36. The van der Waals surface area contributed by atoms with Crippen LogP contribution in [-0.2, 0) is 4.79 Å². The van der Waals surface area contributed by atoms with Gasteiger partial charge in [-0.2, -0.15) is 0 Å². The number of anilines is 1.